The zero-order valence-corrected chi connectivity index (χ0v) is 76.3. The monoisotopic (exact) mass is 1970 g/mol. The predicted molar refractivity (Wildman–Crippen MR) is 496 cm³/mol. The molecule has 133 heavy (non-hydrogen) atoms. The lowest BCUT2D eigenvalue weighted by Gasteiger charge is -2.39. The van der Waals surface area contributed by atoms with Crippen LogP contribution in [-0.4, -0.2) is 162 Å². The van der Waals surface area contributed by atoms with Crippen molar-refractivity contribution in [3.8, 4) is 79.2 Å². The molecule has 17 rings (SSSR count). The fraction of sp³-hybridized carbons (Fsp3) is 0.290. The van der Waals surface area contributed by atoms with Gasteiger partial charge in [-0.25, -0.2) is 38.0 Å². The van der Waals surface area contributed by atoms with Gasteiger partial charge in [0.1, 0.15) is 43.7 Å². The molecule has 8 aromatic heterocycles. The molecule has 0 radical (unpaired) electrons. The van der Waals surface area contributed by atoms with Gasteiger partial charge in [0.2, 0.25) is 0 Å². The zero-order chi connectivity index (χ0) is 95.7. The number of rotatable bonds is 20. The summed E-state index contributed by atoms with van der Waals surface area (Å²) >= 11 is 14.8. The molecular weight excluding hydrogens is 1880 g/mol. The average Bonchev–Trinajstić information content (AvgIpc) is 1.63. The number of para-hydroxylation sites is 1. The van der Waals surface area contributed by atoms with E-state index in [-0.39, 0.29) is 49.9 Å². The van der Waals surface area contributed by atoms with Gasteiger partial charge < -0.3 is 55.2 Å². The van der Waals surface area contributed by atoms with Crippen molar-refractivity contribution in [1.82, 2.24) is 58.4 Å². The molecule has 702 valence electrons. The van der Waals surface area contributed by atoms with E-state index in [0.29, 0.717) is 84.8 Å². The molecule has 0 spiro atoms. The number of hydrogen-bond acceptors (Lipinski definition) is 19. The van der Waals surface area contributed by atoms with Crippen LogP contribution in [0, 0.1) is 6.92 Å². The van der Waals surface area contributed by atoms with Crippen molar-refractivity contribution < 1.29 is 91.9 Å². The highest BCUT2D eigenvalue weighted by molar-refractivity contribution is 9.10. The fourth-order valence-electron chi connectivity index (χ4n) is 14.5. The Hall–Kier alpha value is -11.7. The first-order chi connectivity index (χ1) is 63.4. The lowest BCUT2D eigenvalue weighted by Crippen LogP contribution is -2.29. The Labute approximate surface area is 777 Å². The first-order valence-electron chi connectivity index (χ1n) is 42.0. The van der Waals surface area contributed by atoms with Crippen LogP contribution in [0.15, 0.2) is 248 Å². The van der Waals surface area contributed by atoms with E-state index in [2.05, 4.69) is 148 Å². The van der Waals surface area contributed by atoms with Crippen LogP contribution in [0.1, 0.15) is 96.5 Å². The van der Waals surface area contributed by atoms with Crippen molar-refractivity contribution in [2.45, 2.75) is 147 Å². The number of aryl methyl sites for hydroxylation is 1. The number of benzene rings is 7. The smallest absolute Gasteiger partial charge is 0.423 e. The number of aliphatic hydroxyl groups is 2. The van der Waals surface area contributed by atoms with E-state index in [0.717, 1.165) is 45.7 Å². The van der Waals surface area contributed by atoms with Crippen LogP contribution in [0.5, 0.6) is 23.0 Å². The van der Waals surface area contributed by atoms with Crippen molar-refractivity contribution in [1.29, 1.82) is 0 Å². The lowest BCUT2D eigenvalue weighted by molar-refractivity contribution is -0.275. The maximum atomic E-state index is 12.5. The van der Waals surface area contributed by atoms with E-state index in [9.17, 15) is 57.8 Å². The molecule has 15 aromatic rings. The Morgan fingerprint density at radius 2 is 0.872 bits per heavy atom. The maximum absolute atomic E-state index is 12.5. The molecule has 7 N–H and O–H groups in total. The summed E-state index contributed by atoms with van der Waals surface area (Å²) in [5, 5.41) is 57.3. The molecule has 2 atom stereocenters. The van der Waals surface area contributed by atoms with Crippen LogP contribution in [0.2, 0.25) is 10.3 Å². The Bertz CT molecular complexity index is 6240. The molecule has 2 fully saturated rings. The Kier molecular flexibility index (Phi) is 36.2. The molecule has 0 bridgehead atoms. The predicted octanol–water partition coefficient (Wildman–Crippen LogP) is 22.0. The quantitative estimate of drug-likeness (QED) is 0.0235. The van der Waals surface area contributed by atoms with Crippen LogP contribution >= 0.6 is 47.1 Å². The molecule has 23 nitrogen and oxygen atoms in total. The van der Waals surface area contributed by atoms with Gasteiger partial charge in [0, 0.05) is 53.6 Å². The molecule has 0 aliphatic heterocycles. The van der Waals surface area contributed by atoms with Gasteiger partial charge in [-0.2, -0.15) is 15.3 Å². The van der Waals surface area contributed by atoms with Crippen molar-refractivity contribution >= 4 is 99.0 Å². The summed E-state index contributed by atoms with van der Waals surface area (Å²) in [6.07, 6.45) is 3.10. The highest BCUT2D eigenvalue weighted by Crippen LogP contribution is 2.57. The number of imidazole rings is 4. The van der Waals surface area contributed by atoms with Gasteiger partial charge in [0.25, 0.3) is 0 Å². The van der Waals surface area contributed by atoms with Crippen LogP contribution in [0.3, 0.4) is 0 Å². The standard InChI is InChI=1S/C26H36NP.C20H11F6N3O2.C17H17F3N4O2.C13H7ClF3N3O.C7H9BO2.C6H3BrClN3.C4H11NO/c1-27(2)25-19-11-9-17-23(25)24-18-10-12-20-26(24)28(21-13-5-3-6-14-21)22-15-7-4-8-16-22;21-19(22,23)30-14-5-1-3-12(9-14)16-7-8-18-27-11-17(29(18)28-16)13-4-2-6-15(10-13)31-20(24,25)26;1-2-12(10-25)22-15-6-7-16-21-9-14(24(16)23-15)11-4-3-5-13(8-11)26-17(18,19)20;14-11-4-5-12-18-7-10(20(12)19-11)8-2-1-3-9(6-8)21-13(15,16)17;1-6-3-2-4-7(5-6)8(9)10;7-4-3-9-6-2-1-5(8)10-11(4)6;1-2-4(5)3-6/h9-12,17-22H,3-8,13-16H2,1-2H3;1-11H;3-9,12,25H,2,10H2,1H3,(H,22,23);1-7H;2-5,9-10H,1H3;1-3H;4,6H,2-3,5H2,1H3. The summed E-state index contributed by atoms with van der Waals surface area (Å²) in [5.41, 5.74) is 18.6. The summed E-state index contributed by atoms with van der Waals surface area (Å²) in [5.74, 6) is -0.911. The summed E-state index contributed by atoms with van der Waals surface area (Å²) in [7, 11) is 2.91. The molecule has 2 saturated carbocycles. The van der Waals surface area contributed by atoms with E-state index < -0.39 is 44.1 Å². The minimum atomic E-state index is -4.84. The van der Waals surface area contributed by atoms with Crippen molar-refractivity contribution in [2.75, 3.05) is 37.5 Å². The molecule has 0 saturated heterocycles. The second-order valence-electron chi connectivity index (χ2n) is 30.6. The third-order valence-electron chi connectivity index (χ3n) is 20.8. The van der Waals surface area contributed by atoms with Crippen LogP contribution in [-0.2, 0) is 0 Å². The van der Waals surface area contributed by atoms with Gasteiger partial charge in [-0.3, -0.25) is 0 Å². The SMILES string of the molecule is CCC(CO)Nc1ccc2ncc(-c3cccc(OC(F)(F)F)c3)n2n1.CCC(N)CO.CN(C)c1ccccc1-c1ccccc1P(C1CCCCC1)C1CCCCC1.Cc1cccc(B(O)O)c1.Clc1ccc2ncc(Br)n2n1.FC(F)(F)Oc1cccc(-c2ccc3ncc(-c4cccc(OC(F)(F)F)c4)n3n2)c1.FC(F)(F)Oc1cccc(-c2cnc3ccc(Cl)nn23)c1. The molecule has 2 aliphatic rings. The van der Waals surface area contributed by atoms with Gasteiger partial charge in [-0.15, -0.1) is 57.8 Å². The van der Waals surface area contributed by atoms with E-state index >= 15 is 0 Å². The number of aromatic nitrogens is 12. The summed E-state index contributed by atoms with van der Waals surface area (Å²) in [6.45, 7) is 5.86. The number of nitrogens with two attached hydrogens (primary N) is 1. The van der Waals surface area contributed by atoms with Crippen molar-refractivity contribution in [2.24, 2.45) is 5.73 Å². The van der Waals surface area contributed by atoms with Crippen LogP contribution < -0.4 is 45.7 Å². The Morgan fingerprint density at radius 3 is 1.30 bits per heavy atom. The van der Waals surface area contributed by atoms with Crippen molar-refractivity contribution in [3.63, 3.8) is 0 Å². The first kappa shape index (κ1) is 102. The van der Waals surface area contributed by atoms with E-state index in [4.69, 9.17) is 44.1 Å². The zero-order valence-electron chi connectivity index (χ0n) is 72.3. The fourth-order valence-corrected chi connectivity index (χ4v) is 19.1. The molecule has 2 unspecified atom stereocenters. The average molecular weight is 1970 g/mol. The van der Waals surface area contributed by atoms with Crippen molar-refractivity contribution in [3.05, 3.63) is 264 Å². The number of anilines is 2. The largest absolute Gasteiger partial charge is 0.573 e. The topological polar surface area (TPSA) is 280 Å². The van der Waals surface area contributed by atoms with E-state index in [1.807, 2.05) is 26.8 Å². The molecule has 7 aromatic carbocycles. The van der Waals surface area contributed by atoms with Gasteiger partial charge in [0.15, 0.2) is 22.6 Å². The number of nitrogens with zero attached hydrogens (tertiary/aromatic N) is 13. The number of aliphatic hydroxyl groups excluding tert-OH is 2. The highest BCUT2D eigenvalue weighted by Gasteiger charge is 2.37. The van der Waals surface area contributed by atoms with Gasteiger partial charge in [-0.1, -0.05) is 204 Å². The Morgan fingerprint density at radius 1 is 0.466 bits per heavy atom. The number of fused-ring (bicyclic) bond motifs is 4. The third kappa shape index (κ3) is 30.2. The number of hydrogen-bond donors (Lipinski definition) is 6. The minimum Gasteiger partial charge on any atom is -0.423 e. The molecule has 0 amide bonds. The lowest BCUT2D eigenvalue weighted by atomic mass is 9.80. The minimum absolute atomic E-state index is 0.00926. The van der Waals surface area contributed by atoms with E-state index in [1.165, 1.54) is 174 Å². The molecule has 2 aliphatic carbocycles. The number of nitrogens with one attached hydrogen (secondary N) is 1. The van der Waals surface area contributed by atoms with Crippen LogP contribution in [0.4, 0.5) is 64.2 Å². The number of halogens is 15. The second-order valence-corrected chi connectivity index (χ2v) is 35.0. The highest BCUT2D eigenvalue weighted by atomic mass is 79.9. The summed E-state index contributed by atoms with van der Waals surface area (Å²) < 4.78 is 172. The summed E-state index contributed by atoms with van der Waals surface area (Å²) in [4.78, 5) is 18.8. The number of alkyl halides is 12. The second kappa shape index (κ2) is 47.3. The normalized spacial score (nSPS) is 13.5. The maximum Gasteiger partial charge on any atom is 0.573 e. The molecule has 8 heterocycles. The third-order valence-corrected chi connectivity index (χ3v) is 25.3. The van der Waals surface area contributed by atoms with Gasteiger partial charge in [0.05, 0.1) is 66.8 Å². The molecule has 40 heteroatoms. The molecular formula is C93H94BBrCl2F12N15O8P. The van der Waals surface area contributed by atoms with Gasteiger partial charge >= 0.3 is 32.6 Å². The van der Waals surface area contributed by atoms with Gasteiger partial charge in [-0.05, 0) is 192 Å². The first-order valence-corrected chi connectivity index (χ1v) is 45.1. The van der Waals surface area contributed by atoms with E-state index in [1.54, 1.807) is 107 Å². The number of ether oxygens (including phenoxy) is 4. The Balaban J connectivity index is 0.000000157. The summed E-state index contributed by atoms with van der Waals surface area (Å²) in [6, 6.07) is 60.5. The van der Waals surface area contributed by atoms with Crippen LogP contribution in [0.25, 0.3) is 78.7 Å².